The van der Waals surface area contributed by atoms with E-state index >= 15 is 0 Å². The third-order valence-electron chi connectivity index (χ3n) is 2.16. The van der Waals surface area contributed by atoms with Crippen LogP contribution >= 0.6 is 7.60 Å². The highest BCUT2D eigenvalue weighted by molar-refractivity contribution is 7.52. The molecule has 1 aliphatic heterocycles. The van der Waals surface area contributed by atoms with E-state index in [0.717, 1.165) is 25.9 Å². The molecule has 0 saturated carbocycles. The van der Waals surface area contributed by atoms with Gasteiger partial charge in [-0.05, 0) is 32.9 Å². The molecular weight excluding hydrogens is 165 g/mol. The Morgan fingerprint density at radius 2 is 1.82 bits per heavy atom. The molecule has 0 aromatic carbocycles. The molecular formula is C6H14NO3P. The van der Waals surface area contributed by atoms with E-state index in [4.69, 9.17) is 9.79 Å². The number of hydrogen-bond donors (Lipinski definition) is 2. The fourth-order valence-corrected chi connectivity index (χ4v) is 1.98. The molecule has 1 saturated heterocycles. The van der Waals surface area contributed by atoms with Crippen LogP contribution in [0.15, 0.2) is 0 Å². The average Bonchev–Trinajstić information content (AvgIpc) is 2.34. The minimum atomic E-state index is -3.88. The molecule has 0 aromatic rings. The van der Waals surface area contributed by atoms with E-state index in [9.17, 15) is 4.57 Å². The van der Waals surface area contributed by atoms with Crippen LogP contribution < -0.4 is 0 Å². The van der Waals surface area contributed by atoms with E-state index in [-0.39, 0.29) is 0 Å². The summed E-state index contributed by atoms with van der Waals surface area (Å²) in [6.45, 7) is 3.24. The lowest BCUT2D eigenvalue weighted by molar-refractivity contribution is 0.262. The Hall–Kier alpha value is 0.110. The molecule has 0 aromatic heterocycles. The van der Waals surface area contributed by atoms with Gasteiger partial charge in [0.15, 0.2) is 0 Å². The van der Waals surface area contributed by atoms with Crippen LogP contribution in [0.3, 0.4) is 0 Å². The van der Waals surface area contributed by atoms with Crippen molar-refractivity contribution in [1.29, 1.82) is 0 Å². The van der Waals surface area contributed by atoms with Crippen LogP contribution in [0.4, 0.5) is 0 Å². The molecule has 11 heavy (non-hydrogen) atoms. The van der Waals surface area contributed by atoms with Crippen molar-refractivity contribution in [1.82, 2.24) is 4.90 Å². The second kappa shape index (κ2) is 3.23. The topological polar surface area (TPSA) is 60.8 Å². The highest BCUT2D eigenvalue weighted by Gasteiger charge is 2.31. The molecule has 1 atom stereocenters. The molecule has 4 nitrogen and oxygen atoms in total. The molecule has 1 rings (SSSR count). The van der Waals surface area contributed by atoms with Gasteiger partial charge < -0.3 is 9.79 Å². The Balaban J connectivity index is 2.53. The van der Waals surface area contributed by atoms with E-state index in [1.165, 1.54) is 0 Å². The van der Waals surface area contributed by atoms with Gasteiger partial charge in [0, 0.05) is 0 Å². The first-order chi connectivity index (χ1) is 5.02. The summed E-state index contributed by atoms with van der Waals surface area (Å²) < 4.78 is 10.8. The second-order valence-electron chi connectivity index (χ2n) is 2.96. The minimum absolute atomic E-state index is 0.593. The van der Waals surface area contributed by atoms with Gasteiger partial charge in [-0.15, -0.1) is 0 Å². The highest BCUT2D eigenvalue weighted by atomic mass is 31.2. The van der Waals surface area contributed by atoms with Gasteiger partial charge in [-0.3, -0.25) is 9.46 Å². The summed E-state index contributed by atoms with van der Waals surface area (Å²) in [5, 5.41) is 0. The van der Waals surface area contributed by atoms with Crippen molar-refractivity contribution in [2.75, 3.05) is 13.1 Å². The first-order valence-electron chi connectivity index (χ1n) is 3.81. The lowest BCUT2D eigenvalue weighted by Gasteiger charge is -2.23. The summed E-state index contributed by atoms with van der Waals surface area (Å²) >= 11 is 0. The van der Waals surface area contributed by atoms with E-state index < -0.39 is 13.4 Å². The third-order valence-corrected chi connectivity index (χ3v) is 3.46. The highest BCUT2D eigenvalue weighted by Crippen LogP contribution is 2.43. The zero-order valence-corrected chi connectivity index (χ0v) is 7.50. The molecule has 66 valence electrons. The van der Waals surface area contributed by atoms with Gasteiger partial charge in [-0.2, -0.15) is 0 Å². The zero-order chi connectivity index (χ0) is 8.48. The van der Waals surface area contributed by atoms with Gasteiger partial charge in [0.2, 0.25) is 0 Å². The minimum Gasteiger partial charge on any atom is -0.323 e. The lowest BCUT2D eigenvalue weighted by atomic mass is 10.4. The van der Waals surface area contributed by atoms with Crippen molar-refractivity contribution in [3.63, 3.8) is 0 Å². The molecule has 0 bridgehead atoms. The Bertz CT molecular complexity index is 173. The van der Waals surface area contributed by atoms with Crippen LogP contribution in [0, 0.1) is 0 Å². The average molecular weight is 179 g/mol. The van der Waals surface area contributed by atoms with Crippen LogP contribution in [-0.4, -0.2) is 33.6 Å². The van der Waals surface area contributed by atoms with E-state index in [2.05, 4.69) is 0 Å². The van der Waals surface area contributed by atoms with Crippen molar-refractivity contribution in [2.24, 2.45) is 0 Å². The molecule has 0 amide bonds. The Morgan fingerprint density at radius 3 is 2.18 bits per heavy atom. The summed E-state index contributed by atoms with van der Waals surface area (Å²) in [4.78, 5) is 19.5. The molecule has 1 heterocycles. The summed E-state index contributed by atoms with van der Waals surface area (Å²) in [6.07, 6.45) is 2.12. The number of nitrogens with zero attached hydrogens (tertiary/aromatic N) is 1. The first kappa shape index (κ1) is 9.20. The first-order valence-corrected chi connectivity index (χ1v) is 5.49. The normalized spacial score (nSPS) is 23.9. The molecule has 0 radical (unpaired) electrons. The Labute approximate surface area is 66.4 Å². The van der Waals surface area contributed by atoms with Crippen molar-refractivity contribution in [2.45, 2.75) is 25.5 Å². The SMILES string of the molecule is CC(N1CCCC1)P(=O)(O)O. The predicted octanol–water partition coefficient (Wildman–Crippen LogP) is 0.606. The van der Waals surface area contributed by atoms with Crippen molar-refractivity contribution >= 4 is 7.60 Å². The Kier molecular flexibility index (Phi) is 2.70. The smallest absolute Gasteiger partial charge is 0.323 e. The summed E-state index contributed by atoms with van der Waals surface area (Å²) in [5.41, 5.74) is 0. The number of likely N-dealkylation sites (tertiary alicyclic amines) is 1. The standard InChI is InChI=1S/C6H14NO3P/c1-6(11(8,9)10)7-4-2-3-5-7/h6H,2-5H2,1H3,(H2,8,9,10). The van der Waals surface area contributed by atoms with Crippen LogP contribution in [0.1, 0.15) is 19.8 Å². The molecule has 0 spiro atoms. The maximum atomic E-state index is 10.8. The van der Waals surface area contributed by atoms with E-state index in [1.54, 1.807) is 6.92 Å². The molecule has 5 heteroatoms. The van der Waals surface area contributed by atoms with E-state index in [1.807, 2.05) is 4.90 Å². The maximum absolute atomic E-state index is 10.8. The number of hydrogen-bond acceptors (Lipinski definition) is 2. The zero-order valence-electron chi connectivity index (χ0n) is 6.60. The van der Waals surface area contributed by atoms with Crippen molar-refractivity contribution in [3.05, 3.63) is 0 Å². The van der Waals surface area contributed by atoms with Crippen LogP contribution in [0.5, 0.6) is 0 Å². The molecule has 2 N–H and O–H groups in total. The van der Waals surface area contributed by atoms with E-state index in [0.29, 0.717) is 0 Å². The number of rotatable bonds is 2. The maximum Gasteiger partial charge on any atom is 0.342 e. The third kappa shape index (κ3) is 2.27. The molecule has 1 aliphatic rings. The van der Waals surface area contributed by atoms with Gasteiger partial charge in [0.05, 0.1) is 0 Å². The van der Waals surface area contributed by atoms with Gasteiger partial charge in [0.25, 0.3) is 0 Å². The quantitative estimate of drug-likeness (QED) is 0.609. The summed E-state index contributed by atoms with van der Waals surface area (Å²) in [6, 6.07) is 0. The monoisotopic (exact) mass is 179 g/mol. The van der Waals surface area contributed by atoms with Gasteiger partial charge in [0.1, 0.15) is 5.78 Å². The largest absolute Gasteiger partial charge is 0.342 e. The fraction of sp³-hybridized carbons (Fsp3) is 1.00. The Morgan fingerprint density at radius 1 is 1.36 bits per heavy atom. The molecule has 1 fully saturated rings. The summed E-state index contributed by atoms with van der Waals surface area (Å²) in [5.74, 6) is -0.593. The molecule has 1 unspecified atom stereocenters. The second-order valence-corrected chi connectivity index (χ2v) is 4.89. The van der Waals surface area contributed by atoms with Crippen molar-refractivity contribution in [3.8, 4) is 0 Å². The van der Waals surface area contributed by atoms with Gasteiger partial charge in [-0.25, -0.2) is 0 Å². The van der Waals surface area contributed by atoms with Crippen molar-refractivity contribution < 1.29 is 14.4 Å². The molecule has 0 aliphatic carbocycles. The van der Waals surface area contributed by atoms with Crippen LogP contribution in [0.2, 0.25) is 0 Å². The fourth-order valence-electron chi connectivity index (χ4n) is 1.33. The predicted molar refractivity (Wildman–Crippen MR) is 42.3 cm³/mol. The van der Waals surface area contributed by atoms with Gasteiger partial charge >= 0.3 is 7.60 Å². The van der Waals surface area contributed by atoms with Crippen LogP contribution in [-0.2, 0) is 4.57 Å². The lowest BCUT2D eigenvalue weighted by Crippen LogP contribution is -2.29. The van der Waals surface area contributed by atoms with Crippen LogP contribution in [0.25, 0.3) is 0 Å². The summed E-state index contributed by atoms with van der Waals surface area (Å²) in [7, 11) is -3.88. The van der Waals surface area contributed by atoms with Gasteiger partial charge in [-0.1, -0.05) is 0 Å².